The zero-order valence-corrected chi connectivity index (χ0v) is 18.6. The van der Waals surface area contributed by atoms with Crippen molar-refractivity contribution in [3.63, 3.8) is 0 Å². The number of nitrogens with one attached hydrogen (secondary N) is 3. The van der Waals surface area contributed by atoms with Crippen LogP contribution in [0, 0.1) is 10.1 Å². The molecule has 3 rings (SSSR count). The van der Waals surface area contributed by atoms with Crippen LogP contribution in [-0.4, -0.2) is 38.9 Å². The van der Waals surface area contributed by atoms with Gasteiger partial charge in [0, 0.05) is 36.1 Å². The molecule has 168 valence electrons. The Morgan fingerprint density at radius 1 is 0.969 bits per heavy atom. The van der Waals surface area contributed by atoms with Gasteiger partial charge in [0.1, 0.15) is 5.69 Å². The van der Waals surface area contributed by atoms with E-state index in [2.05, 4.69) is 15.4 Å². The summed E-state index contributed by atoms with van der Waals surface area (Å²) in [5.74, 6) is -0.371. The van der Waals surface area contributed by atoms with Crippen molar-refractivity contribution in [1.29, 1.82) is 0 Å². The van der Waals surface area contributed by atoms with Crippen LogP contribution >= 0.6 is 11.3 Å². The third-order valence-electron chi connectivity index (χ3n) is 4.50. The van der Waals surface area contributed by atoms with Crippen molar-refractivity contribution in [2.75, 3.05) is 25.0 Å². The molecular formula is C21H22N4O5S2. The number of carbonyl (C=O) groups excluding carboxylic acids is 1. The number of benzene rings is 2. The zero-order valence-electron chi connectivity index (χ0n) is 17.0. The first-order chi connectivity index (χ1) is 15.4. The maximum absolute atomic E-state index is 12.4. The number of sulfonamides is 1. The first kappa shape index (κ1) is 23.4. The van der Waals surface area contributed by atoms with Crippen LogP contribution in [0.25, 0.3) is 0 Å². The smallest absolute Gasteiger partial charge is 0.292 e. The molecule has 0 spiro atoms. The molecule has 0 fully saturated rings. The molecule has 0 aliphatic heterocycles. The van der Waals surface area contributed by atoms with Crippen LogP contribution in [0.1, 0.15) is 15.2 Å². The van der Waals surface area contributed by atoms with Crippen LogP contribution in [0.2, 0.25) is 0 Å². The van der Waals surface area contributed by atoms with Gasteiger partial charge < -0.3 is 10.6 Å². The molecule has 0 radical (unpaired) electrons. The van der Waals surface area contributed by atoms with Crippen molar-refractivity contribution in [3.8, 4) is 0 Å². The van der Waals surface area contributed by atoms with Crippen LogP contribution in [0.15, 0.2) is 70.9 Å². The van der Waals surface area contributed by atoms with E-state index in [0.717, 1.165) is 4.88 Å². The van der Waals surface area contributed by atoms with E-state index >= 15 is 0 Å². The second kappa shape index (κ2) is 10.8. The summed E-state index contributed by atoms with van der Waals surface area (Å²) < 4.78 is 27.4. The normalized spacial score (nSPS) is 11.1. The van der Waals surface area contributed by atoms with Crippen LogP contribution in [0.5, 0.6) is 0 Å². The zero-order chi connectivity index (χ0) is 23.0. The highest BCUT2D eigenvalue weighted by Crippen LogP contribution is 2.22. The Morgan fingerprint density at radius 3 is 2.41 bits per heavy atom. The number of rotatable bonds is 11. The monoisotopic (exact) mass is 474 g/mol. The number of para-hydroxylation sites is 2. The Morgan fingerprint density at radius 2 is 1.72 bits per heavy atom. The summed E-state index contributed by atoms with van der Waals surface area (Å²) in [6.45, 7) is 0.810. The molecule has 0 unspecified atom stereocenters. The van der Waals surface area contributed by atoms with E-state index in [4.69, 9.17) is 0 Å². The van der Waals surface area contributed by atoms with Crippen molar-refractivity contribution in [2.45, 2.75) is 11.3 Å². The quantitative estimate of drug-likeness (QED) is 0.222. The fourth-order valence-corrected chi connectivity index (χ4v) is 4.63. The topological polar surface area (TPSA) is 130 Å². The van der Waals surface area contributed by atoms with Crippen molar-refractivity contribution in [1.82, 2.24) is 10.0 Å². The van der Waals surface area contributed by atoms with E-state index in [9.17, 15) is 23.3 Å². The standard InChI is InChI=1S/C21H22N4O5S2/c26-21(23-14-13-22-19-5-1-2-6-20(19)25(27)28)16-7-9-18(10-8-16)32(29,30)24-12-11-17-4-3-15-31-17/h1-10,15,22,24H,11-14H2,(H,23,26). The molecule has 0 aliphatic carbocycles. The summed E-state index contributed by atoms with van der Waals surface area (Å²) in [6, 6.07) is 15.8. The van der Waals surface area contributed by atoms with Gasteiger partial charge in [-0.1, -0.05) is 18.2 Å². The summed E-state index contributed by atoms with van der Waals surface area (Å²) in [5, 5.41) is 18.6. The number of hydrogen-bond acceptors (Lipinski definition) is 7. The first-order valence-electron chi connectivity index (χ1n) is 9.74. The second-order valence-corrected chi connectivity index (χ2v) is 9.51. The summed E-state index contributed by atoms with van der Waals surface area (Å²) in [5.41, 5.74) is 0.640. The maximum atomic E-state index is 12.4. The Bertz CT molecular complexity index is 1160. The minimum absolute atomic E-state index is 0.0420. The molecule has 0 saturated heterocycles. The molecule has 0 atom stereocenters. The average Bonchev–Trinajstić information content (AvgIpc) is 3.30. The Balaban J connectivity index is 1.47. The van der Waals surface area contributed by atoms with Gasteiger partial charge in [0.05, 0.1) is 9.82 Å². The predicted molar refractivity (Wildman–Crippen MR) is 124 cm³/mol. The number of nitrogens with zero attached hydrogens (tertiary/aromatic N) is 1. The number of carbonyl (C=O) groups is 1. The molecule has 0 bridgehead atoms. The van der Waals surface area contributed by atoms with E-state index in [1.165, 1.54) is 30.3 Å². The molecule has 1 aromatic heterocycles. The molecule has 2 aromatic carbocycles. The average molecular weight is 475 g/mol. The van der Waals surface area contributed by atoms with Gasteiger partial charge in [0.15, 0.2) is 0 Å². The molecule has 0 aliphatic rings. The molecule has 3 aromatic rings. The SMILES string of the molecule is O=C(NCCNc1ccccc1[N+](=O)[O-])c1ccc(S(=O)(=O)NCCc2cccs2)cc1. The highest BCUT2D eigenvalue weighted by molar-refractivity contribution is 7.89. The largest absolute Gasteiger partial charge is 0.378 e. The molecule has 9 nitrogen and oxygen atoms in total. The molecule has 32 heavy (non-hydrogen) atoms. The predicted octanol–water partition coefficient (Wildman–Crippen LogP) is 3.02. The highest BCUT2D eigenvalue weighted by atomic mass is 32.2. The van der Waals surface area contributed by atoms with Gasteiger partial charge in [-0.3, -0.25) is 14.9 Å². The number of amides is 1. The third kappa shape index (κ3) is 6.36. The van der Waals surface area contributed by atoms with Crippen molar-refractivity contribution < 1.29 is 18.1 Å². The third-order valence-corrected chi connectivity index (χ3v) is 6.91. The summed E-state index contributed by atoms with van der Waals surface area (Å²) in [4.78, 5) is 24.0. The van der Waals surface area contributed by atoms with E-state index in [1.807, 2.05) is 17.5 Å². The lowest BCUT2D eigenvalue weighted by Crippen LogP contribution is -2.29. The van der Waals surface area contributed by atoms with Gasteiger partial charge in [0.2, 0.25) is 10.0 Å². The van der Waals surface area contributed by atoms with Gasteiger partial charge in [-0.2, -0.15) is 0 Å². The molecule has 0 saturated carbocycles. The lowest BCUT2D eigenvalue weighted by Gasteiger charge is -2.09. The number of anilines is 1. The van der Waals surface area contributed by atoms with Crippen LogP contribution in [0.4, 0.5) is 11.4 Å². The highest BCUT2D eigenvalue weighted by Gasteiger charge is 2.15. The summed E-state index contributed by atoms with van der Waals surface area (Å²) >= 11 is 1.57. The maximum Gasteiger partial charge on any atom is 0.292 e. The first-order valence-corrected chi connectivity index (χ1v) is 12.1. The molecular weight excluding hydrogens is 452 g/mol. The van der Waals surface area contributed by atoms with Gasteiger partial charge in [-0.15, -0.1) is 11.3 Å². The Labute approximate surface area is 189 Å². The van der Waals surface area contributed by atoms with Gasteiger partial charge in [0.25, 0.3) is 11.6 Å². The molecule has 11 heteroatoms. The van der Waals surface area contributed by atoms with E-state index in [0.29, 0.717) is 17.7 Å². The van der Waals surface area contributed by atoms with Crippen LogP contribution in [0.3, 0.4) is 0 Å². The molecule has 1 heterocycles. The molecule has 3 N–H and O–H groups in total. The minimum atomic E-state index is -3.66. The number of nitro groups is 1. The minimum Gasteiger partial charge on any atom is -0.378 e. The van der Waals surface area contributed by atoms with E-state index in [-0.39, 0.29) is 36.1 Å². The van der Waals surface area contributed by atoms with E-state index < -0.39 is 14.9 Å². The lowest BCUT2D eigenvalue weighted by atomic mass is 10.2. The summed E-state index contributed by atoms with van der Waals surface area (Å²) in [6.07, 6.45) is 0.609. The number of thiophene rings is 1. The van der Waals surface area contributed by atoms with Gasteiger partial charge in [-0.05, 0) is 48.2 Å². The van der Waals surface area contributed by atoms with Crippen molar-refractivity contribution in [3.05, 3.63) is 86.6 Å². The fraction of sp³-hybridized carbons (Fsp3) is 0.190. The van der Waals surface area contributed by atoms with Crippen LogP contribution in [-0.2, 0) is 16.4 Å². The lowest BCUT2D eigenvalue weighted by molar-refractivity contribution is -0.384. The van der Waals surface area contributed by atoms with Crippen molar-refractivity contribution >= 4 is 38.6 Å². The number of hydrogen-bond donors (Lipinski definition) is 3. The van der Waals surface area contributed by atoms with E-state index in [1.54, 1.807) is 29.5 Å². The Kier molecular flexibility index (Phi) is 7.92. The van der Waals surface area contributed by atoms with Gasteiger partial charge >= 0.3 is 0 Å². The van der Waals surface area contributed by atoms with Crippen molar-refractivity contribution in [2.24, 2.45) is 0 Å². The summed E-state index contributed by atoms with van der Waals surface area (Å²) in [7, 11) is -3.66. The number of nitro benzene ring substituents is 1. The Hall–Kier alpha value is -3.28. The van der Waals surface area contributed by atoms with Gasteiger partial charge in [-0.25, -0.2) is 13.1 Å². The fourth-order valence-electron chi connectivity index (χ4n) is 2.89. The molecule has 1 amide bonds. The van der Waals surface area contributed by atoms with Crippen LogP contribution < -0.4 is 15.4 Å². The second-order valence-electron chi connectivity index (χ2n) is 6.71.